The molecule has 0 spiro atoms. The number of nitrogens with two attached hydrogens (primary N) is 1. The first-order valence-electron chi connectivity index (χ1n) is 12.0. The molecule has 1 aromatic carbocycles. The minimum absolute atomic E-state index is 0.237. The molecule has 0 radical (unpaired) electrons. The molecule has 3 rings (SSSR count). The zero-order valence-electron chi connectivity index (χ0n) is 22.1. The summed E-state index contributed by atoms with van der Waals surface area (Å²) in [7, 11) is 1.50. The lowest BCUT2D eigenvalue weighted by atomic mass is 9.66. The average molecular weight is 482 g/mol. The Morgan fingerprint density at radius 1 is 1.09 bits per heavy atom. The van der Waals surface area contributed by atoms with Gasteiger partial charge in [-0.3, -0.25) is 0 Å². The number of hydrogen-bond acceptors (Lipinski definition) is 3. The second-order valence-corrected chi connectivity index (χ2v) is 10.8. The Balaban J connectivity index is 0.000000553. The Kier molecular flexibility index (Phi) is 11.7. The van der Waals surface area contributed by atoms with E-state index < -0.39 is 5.97 Å². The first kappa shape index (κ1) is 29.6. The summed E-state index contributed by atoms with van der Waals surface area (Å²) >= 11 is 1.92. The molecule has 0 fully saturated rings. The van der Waals surface area contributed by atoms with Gasteiger partial charge in [-0.25, -0.2) is 4.79 Å². The monoisotopic (exact) mass is 481 g/mol. The van der Waals surface area contributed by atoms with Crippen LogP contribution in [0.25, 0.3) is 12.2 Å². The Morgan fingerprint density at radius 3 is 2.18 bits per heavy atom. The van der Waals surface area contributed by atoms with E-state index in [1.54, 1.807) is 18.2 Å². The van der Waals surface area contributed by atoms with Crippen LogP contribution in [0.4, 0.5) is 0 Å². The number of fused-ring (bicyclic) bond motifs is 1. The zero-order valence-corrected chi connectivity index (χ0v) is 22.9. The minimum atomic E-state index is -0.887. The van der Waals surface area contributed by atoms with Gasteiger partial charge in [-0.1, -0.05) is 84.1 Å². The molecule has 186 valence electrons. The molecule has 0 amide bonds. The molecule has 1 aliphatic carbocycles. The van der Waals surface area contributed by atoms with Gasteiger partial charge in [-0.2, -0.15) is 0 Å². The predicted octanol–water partition coefficient (Wildman–Crippen LogP) is 8.38. The molecule has 0 saturated carbocycles. The quantitative estimate of drug-likeness (QED) is 0.407. The molecule has 0 bridgehead atoms. The number of rotatable bonds is 6. The van der Waals surface area contributed by atoms with Crippen molar-refractivity contribution in [3.05, 3.63) is 81.1 Å². The van der Waals surface area contributed by atoms with E-state index in [4.69, 9.17) is 5.11 Å². The minimum Gasteiger partial charge on any atom is -0.478 e. The van der Waals surface area contributed by atoms with Crippen LogP contribution in [0, 0.1) is 6.92 Å². The van der Waals surface area contributed by atoms with Crippen molar-refractivity contribution in [3.8, 4) is 0 Å². The maximum atomic E-state index is 11.0. The van der Waals surface area contributed by atoms with Crippen LogP contribution in [0.5, 0.6) is 0 Å². The second-order valence-electron chi connectivity index (χ2n) is 9.78. The molecule has 2 aromatic rings. The average Bonchev–Trinajstić information content (AvgIpc) is 3.17. The highest BCUT2D eigenvalue weighted by atomic mass is 32.1. The van der Waals surface area contributed by atoms with Crippen LogP contribution in [0.15, 0.2) is 49.1 Å². The van der Waals surface area contributed by atoms with E-state index in [0.29, 0.717) is 5.56 Å². The van der Waals surface area contributed by atoms with E-state index in [9.17, 15) is 4.79 Å². The van der Waals surface area contributed by atoms with Crippen molar-refractivity contribution in [2.45, 2.75) is 78.1 Å². The summed E-state index contributed by atoms with van der Waals surface area (Å²) in [6, 6.07) is 7.02. The van der Waals surface area contributed by atoms with Crippen molar-refractivity contribution in [1.82, 2.24) is 0 Å². The van der Waals surface area contributed by atoms with Gasteiger partial charge < -0.3 is 10.8 Å². The molecule has 0 atom stereocenters. The summed E-state index contributed by atoms with van der Waals surface area (Å²) in [4.78, 5) is 13.8. The molecule has 3 N–H and O–H groups in total. The lowest BCUT2D eigenvalue weighted by Crippen LogP contribution is -2.32. The van der Waals surface area contributed by atoms with Crippen molar-refractivity contribution in [2.75, 3.05) is 7.05 Å². The Morgan fingerprint density at radius 2 is 1.68 bits per heavy atom. The van der Waals surface area contributed by atoms with Crippen LogP contribution >= 0.6 is 11.3 Å². The van der Waals surface area contributed by atoms with E-state index >= 15 is 0 Å². The van der Waals surface area contributed by atoms with Gasteiger partial charge in [0.1, 0.15) is 0 Å². The van der Waals surface area contributed by atoms with E-state index in [1.807, 2.05) is 29.5 Å². The van der Waals surface area contributed by atoms with Crippen LogP contribution in [0.1, 0.15) is 97.1 Å². The number of unbranched alkanes of at least 4 members (excludes halogenated alkanes) is 1. The number of thiophene rings is 1. The second kappa shape index (κ2) is 13.5. The third kappa shape index (κ3) is 7.82. The van der Waals surface area contributed by atoms with Crippen molar-refractivity contribution < 1.29 is 9.90 Å². The normalized spacial score (nSPS) is 15.6. The summed E-state index contributed by atoms with van der Waals surface area (Å²) in [6.45, 7) is 17.4. The fourth-order valence-corrected chi connectivity index (χ4v) is 5.63. The smallest absolute Gasteiger partial charge is 0.335 e. The van der Waals surface area contributed by atoms with Crippen molar-refractivity contribution in [3.63, 3.8) is 0 Å². The molecule has 3 nitrogen and oxygen atoms in total. The maximum Gasteiger partial charge on any atom is 0.335 e. The van der Waals surface area contributed by atoms with Gasteiger partial charge in [0.05, 0.1) is 5.56 Å². The van der Waals surface area contributed by atoms with E-state index in [-0.39, 0.29) is 10.8 Å². The maximum absolute atomic E-state index is 11.0. The van der Waals surface area contributed by atoms with Gasteiger partial charge >= 0.3 is 5.97 Å². The fraction of sp³-hybridized carbons (Fsp3) is 0.433. The standard InChI is InChI=1S/C22H26O2S.C7H12.CH5N/c1-14-17(11-8-15-6-9-16(10-7-15)20(23)24)25-19-18(14)21(2,3)12-13-22(19,4)5;1-3-5-7-6-4-2;1-2/h6-11H,12-13H2,1-5H3,(H,23,24);3,5,7H,1,4,6H2,2H3;2H2,1H3/b11-8+;;. The molecule has 0 aliphatic heterocycles. The molecule has 1 heterocycles. The number of allylic oxidation sites excluding steroid dienone is 3. The topological polar surface area (TPSA) is 63.3 Å². The highest BCUT2D eigenvalue weighted by Gasteiger charge is 2.40. The fourth-order valence-electron chi connectivity index (χ4n) is 4.11. The zero-order chi connectivity index (χ0) is 25.9. The van der Waals surface area contributed by atoms with Crippen molar-refractivity contribution in [2.24, 2.45) is 5.73 Å². The van der Waals surface area contributed by atoms with Gasteiger partial charge in [0.15, 0.2) is 0 Å². The van der Waals surface area contributed by atoms with Crippen molar-refractivity contribution in [1.29, 1.82) is 0 Å². The first-order valence-corrected chi connectivity index (χ1v) is 12.9. The Hall–Kier alpha value is -2.43. The van der Waals surface area contributed by atoms with E-state index in [1.165, 1.54) is 53.6 Å². The third-order valence-electron chi connectivity index (χ3n) is 6.16. The van der Waals surface area contributed by atoms with Gasteiger partial charge in [-0.15, -0.1) is 11.3 Å². The summed E-state index contributed by atoms with van der Waals surface area (Å²) < 4.78 is 0. The molecule has 0 saturated heterocycles. The van der Waals surface area contributed by atoms with E-state index in [0.717, 1.165) is 5.56 Å². The number of carboxylic acid groups (broad SMARTS) is 1. The highest BCUT2D eigenvalue weighted by molar-refractivity contribution is 7.13. The van der Waals surface area contributed by atoms with Crippen LogP contribution in [-0.2, 0) is 10.8 Å². The number of carbonyl (C=O) groups is 1. The predicted molar refractivity (Wildman–Crippen MR) is 151 cm³/mol. The SMILES string of the molecule is C=CC=CCCC.CN.Cc1c(/C=C/c2ccc(C(=O)O)cc2)sc2c1C(C)(C)CCC2(C)C. The summed E-state index contributed by atoms with van der Waals surface area (Å²) in [5.74, 6) is -0.887. The van der Waals surface area contributed by atoms with E-state index in [2.05, 4.69) is 72.1 Å². The lowest BCUT2D eigenvalue weighted by molar-refractivity contribution is 0.0697. The largest absolute Gasteiger partial charge is 0.478 e. The molecule has 0 unspecified atom stereocenters. The van der Waals surface area contributed by atoms with Gasteiger partial charge in [-0.05, 0) is 79.0 Å². The van der Waals surface area contributed by atoms with Crippen LogP contribution in [0.3, 0.4) is 0 Å². The Labute approximate surface area is 211 Å². The molecular weight excluding hydrogens is 438 g/mol. The number of hydrogen-bond donors (Lipinski definition) is 2. The molecular formula is C30H43NO2S. The van der Waals surface area contributed by atoms with Crippen LogP contribution < -0.4 is 5.73 Å². The van der Waals surface area contributed by atoms with Gasteiger partial charge in [0, 0.05) is 9.75 Å². The number of aromatic carboxylic acids is 1. The van der Waals surface area contributed by atoms with Crippen LogP contribution in [-0.4, -0.2) is 18.1 Å². The van der Waals surface area contributed by atoms with Gasteiger partial charge in [0.25, 0.3) is 0 Å². The summed E-state index contributed by atoms with van der Waals surface area (Å²) in [6.07, 6.45) is 15.0. The molecule has 4 heteroatoms. The summed E-state index contributed by atoms with van der Waals surface area (Å²) in [5.41, 5.74) is 9.26. The van der Waals surface area contributed by atoms with Crippen LogP contribution in [0.2, 0.25) is 0 Å². The highest BCUT2D eigenvalue weighted by Crippen LogP contribution is 2.51. The Bertz CT molecular complexity index is 992. The number of carboxylic acids is 1. The molecule has 34 heavy (non-hydrogen) atoms. The van der Waals surface area contributed by atoms with Gasteiger partial charge in [0.2, 0.25) is 0 Å². The first-order chi connectivity index (χ1) is 16.0. The molecule has 1 aromatic heterocycles. The molecule has 1 aliphatic rings. The summed E-state index contributed by atoms with van der Waals surface area (Å²) in [5, 5.41) is 9.00. The van der Waals surface area contributed by atoms with Crippen molar-refractivity contribution >= 4 is 29.5 Å². The number of benzene rings is 1. The third-order valence-corrected chi connectivity index (χ3v) is 7.79. The lowest BCUT2D eigenvalue weighted by Gasteiger charge is -2.39.